The molecule has 0 aromatic rings. The molecule has 4 atom stereocenters. The topological polar surface area (TPSA) is 27.7 Å². The van der Waals surface area contributed by atoms with E-state index in [1.807, 2.05) is 20.8 Å². The molecule has 2 fully saturated rings. The van der Waals surface area contributed by atoms with Gasteiger partial charge < -0.3 is 14.2 Å². The minimum atomic E-state index is -0.557. The van der Waals surface area contributed by atoms with Crippen molar-refractivity contribution in [2.24, 2.45) is 5.92 Å². The third kappa shape index (κ3) is 1.48. The Balaban J connectivity index is 2.22. The molecule has 15 heavy (non-hydrogen) atoms. The highest BCUT2D eigenvalue weighted by Gasteiger charge is 2.58. The van der Waals surface area contributed by atoms with Crippen LogP contribution < -0.4 is 0 Å². The zero-order valence-corrected chi connectivity index (χ0v) is 9.74. The molecule has 0 N–H and O–H groups in total. The van der Waals surface area contributed by atoms with E-state index in [1.54, 1.807) is 0 Å². The number of hydrogen-bond donors (Lipinski definition) is 0. The van der Waals surface area contributed by atoms with E-state index < -0.39 is 11.4 Å². The van der Waals surface area contributed by atoms with Gasteiger partial charge in [0.2, 0.25) is 0 Å². The minimum absolute atomic E-state index is 0.0454. The van der Waals surface area contributed by atoms with Gasteiger partial charge in [-0.1, -0.05) is 19.8 Å². The molecule has 0 saturated carbocycles. The second kappa shape index (κ2) is 3.21. The summed E-state index contributed by atoms with van der Waals surface area (Å²) in [6.07, 6.45) is 5.98. The van der Waals surface area contributed by atoms with Crippen LogP contribution in [0.25, 0.3) is 0 Å². The van der Waals surface area contributed by atoms with Crippen LogP contribution >= 0.6 is 0 Å². The first-order valence-electron chi connectivity index (χ1n) is 5.45. The van der Waals surface area contributed by atoms with E-state index in [9.17, 15) is 0 Å². The summed E-state index contributed by atoms with van der Waals surface area (Å²) in [5, 5.41) is 0. The van der Waals surface area contributed by atoms with Gasteiger partial charge in [-0.15, -0.1) is 6.42 Å². The number of hydrogen-bond acceptors (Lipinski definition) is 3. The van der Waals surface area contributed by atoms with Crippen LogP contribution in [0, 0.1) is 18.3 Å². The van der Waals surface area contributed by atoms with Crippen LogP contribution in [-0.4, -0.2) is 23.8 Å². The third-order valence-electron chi connectivity index (χ3n) is 3.41. The standard InChI is InChI=1S/C12H18O3/c1-6-12(7-2)8(3)9-10(15-12)14-11(4,5)13-9/h1,8-10H,7H2,2-5H3/t8?,9-,10-,12+/m0/s1. The van der Waals surface area contributed by atoms with Gasteiger partial charge in [0, 0.05) is 5.92 Å². The lowest BCUT2D eigenvalue weighted by Crippen LogP contribution is -2.37. The fourth-order valence-corrected chi connectivity index (χ4v) is 2.44. The maximum Gasteiger partial charge on any atom is 0.189 e. The van der Waals surface area contributed by atoms with Crippen molar-refractivity contribution >= 4 is 0 Å². The minimum Gasteiger partial charge on any atom is -0.341 e. The normalized spacial score (nSPS) is 47.5. The Bertz CT molecular complexity index is 304. The Morgan fingerprint density at radius 2 is 1.93 bits per heavy atom. The molecule has 84 valence electrons. The molecule has 0 bridgehead atoms. The molecular weight excluding hydrogens is 192 g/mol. The maximum absolute atomic E-state index is 5.84. The molecule has 2 aliphatic rings. The van der Waals surface area contributed by atoms with Crippen LogP contribution in [0.1, 0.15) is 34.1 Å². The molecule has 0 amide bonds. The van der Waals surface area contributed by atoms with Crippen LogP contribution in [0.4, 0.5) is 0 Å². The lowest BCUT2D eigenvalue weighted by Gasteiger charge is -2.29. The fraction of sp³-hybridized carbons (Fsp3) is 0.833. The van der Waals surface area contributed by atoms with E-state index in [1.165, 1.54) is 0 Å². The molecule has 3 nitrogen and oxygen atoms in total. The molecule has 0 radical (unpaired) electrons. The first-order valence-corrected chi connectivity index (χ1v) is 5.45. The van der Waals surface area contributed by atoms with Crippen molar-refractivity contribution in [3.05, 3.63) is 0 Å². The summed E-state index contributed by atoms with van der Waals surface area (Å²) in [4.78, 5) is 0. The molecule has 0 aromatic heterocycles. The SMILES string of the molecule is C#C[C@]1(CC)O[C@@H]2OC(C)(C)O[C@H]2C1C. The van der Waals surface area contributed by atoms with Crippen molar-refractivity contribution in [1.29, 1.82) is 0 Å². The third-order valence-corrected chi connectivity index (χ3v) is 3.41. The second-order valence-corrected chi connectivity index (χ2v) is 4.76. The number of ether oxygens (including phenoxy) is 3. The van der Waals surface area contributed by atoms with E-state index in [0.717, 1.165) is 6.42 Å². The molecule has 2 aliphatic heterocycles. The van der Waals surface area contributed by atoms with E-state index in [4.69, 9.17) is 20.6 Å². The second-order valence-electron chi connectivity index (χ2n) is 4.76. The average molecular weight is 210 g/mol. The molecule has 2 rings (SSSR count). The Kier molecular flexibility index (Phi) is 2.34. The van der Waals surface area contributed by atoms with Crippen LogP contribution in [0.5, 0.6) is 0 Å². The summed E-state index contributed by atoms with van der Waals surface area (Å²) in [6, 6.07) is 0. The highest BCUT2D eigenvalue weighted by Crippen LogP contribution is 2.46. The van der Waals surface area contributed by atoms with Crippen molar-refractivity contribution in [3.8, 4) is 12.3 Å². The zero-order chi connectivity index (χ0) is 11.3. The van der Waals surface area contributed by atoms with Gasteiger partial charge in [-0.05, 0) is 20.3 Å². The van der Waals surface area contributed by atoms with Crippen molar-refractivity contribution in [2.45, 2.75) is 57.9 Å². The highest BCUT2D eigenvalue weighted by molar-refractivity contribution is 5.16. The Morgan fingerprint density at radius 1 is 1.27 bits per heavy atom. The van der Waals surface area contributed by atoms with E-state index in [2.05, 4.69) is 12.8 Å². The molecule has 0 aliphatic carbocycles. The van der Waals surface area contributed by atoms with Crippen LogP contribution in [-0.2, 0) is 14.2 Å². The monoisotopic (exact) mass is 210 g/mol. The van der Waals surface area contributed by atoms with Gasteiger partial charge in [0.05, 0.1) is 0 Å². The van der Waals surface area contributed by atoms with Crippen LogP contribution in [0.3, 0.4) is 0 Å². The van der Waals surface area contributed by atoms with Gasteiger partial charge >= 0.3 is 0 Å². The number of terminal acetylenes is 1. The molecule has 1 unspecified atom stereocenters. The largest absolute Gasteiger partial charge is 0.341 e. The van der Waals surface area contributed by atoms with Gasteiger partial charge in [0.1, 0.15) is 11.7 Å². The summed E-state index contributed by atoms with van der Waals surface area (Å²) in [5.74, 6) is 2.36. The summed E-state index contributed by atoms with van der Waals surface area (Å²) < 4.78 is 17.3. The van der Waals surface area contributed by atoms with E-state index in [0.29, 0.717) is 0 Å². The number of fused-ring (bicyclic) bond motifs is 1. The van der Waals surface area contributed by atoms with Crippen molar-refractivity contribution in [2.75, 3.05) is 0 Å². The van der Waals surface area contributed by atoms with Crippen LogP contribution in [0.2, 0.25) is 0 Å². The smallest absolute Gasteiger partial charge is 0.189 e. The van der Waals surface area contributed by atoms with Gasteiger partial charge in [-0.25, -0.2) is 0 Å². The Hall–Kier alpha value is -0.560. The molecule has 2 saturated heterocycles. The molecule has 0 aromatic carbocycles. The summed E-state index contributed by atoms with van der Waals surface area (Å²) in [7, 11) is 0. The van der Waals surface area contributed by atoms with Gasteiger partial charge in [0.15, 0.2) is 12.1 Å². The van der Waals surface area contributed by atoms with Crippen molar-refractivity contribution in [1.82, 2.24) is 0 Å². The zero-order valence-electron chi connectivity index (χ0n) is 9.74. The van der Waals surface area contributed by atoms with E-state index >= 15 is 0 Å². The molecular formula is C12H18O3. The molecule has 3 heteroatoms. The molecule has 2 heterocycles. The summed E-state index contributed by atoms with van der Waals surface area (Å²) >= 11 is 0. The quantitative estimate of drug-likeness (QED) is 0.619. The van der Waals surface area contributed by atoms with E-state index in [-0.39, 0.29) is 18.3 Å². The Labute approximate surface area is 91.1 Å². The molecule has 0 spiro atoms. The lowest BCUT2D eigenvalue weighted by molar-refractivity contribution is -0.221. The van der Waals surface area contributed by atoms with Gasteiger partial charge in [0.25, 0.3) is 0 Å². The lowest BCUT2D eigenvalue weighted by atomic mass is 9.86. The Morgan fingerprint density at radius 3 is 2.40 bits per heavy atom. The fourth-order valence-electron chi connectivity index (χ4n) is 2.44. The first kappa shape index (κ1) is 10.9. The predicted molar refractivity (Wildman–Crippen MR) is 55.9 cm³/mol. The van der Waals surface area contributed by atoms with Crippen LogP contribution in [0.15, 0.2) is 0 Å². The van der Waals surface area contributed by atoms with Gasteiger partial charge in [-0.2, -0.15) is 0 Å². The predicted octanol–water partition coefficient (Wildman–Crippen LogP) is 1.91. The van der Waals surface area contributed by atoms with Gasteiger partial charge in [-0.3, -0.25) is 0 Å². The maximum atomic E-state index is 5.84. The first-order chi connectivity index (χ1) is 6.94. The average Bonchev–Trinajstić information content (AvgIpc) is 2.59. The summed E-state index contributed by atoms with van der Waals surface area (Å²) in [6.45, 7) is 7.89. The van der Waals surface area contributed by atoms with Crippen molar-refractivity contribution in [3.63, 3.8) is 0 Å². The van der Waals surface area contributed by atoms with Crippen molar-refractivity contribution < 1.29 is 14.2 Å². The summed E-state index contributed by atoms with van der Waals surface area (Å²) in [5.41, 5.74) is -0.522. The number of rotatable bonds is 1. The highest BCUT2D eigenvalue weighted by atomic mass is 16.8.